The molecule has 8 atom stereocenters. The molecule has 0 aliphatic carbocycles. The van der Waals surface area contributed by atoms with Crippen molar-refractivity contribution in [1.29, 1.82) is 0 Å². The molecule has 7 amide bonds. The molecule has 3 rings (SSSR count). The molecule has 23 nitrogen and oxygen atoms in total. The number of nitrogens with zero attached hydrogens (tertiary/aromatic N) is 1. The summed E-state index contributed by atoms with van der Waals surface area (Å²) in [5.74, 6) is -9.72. The fourth-order valence-corrected chi connectivity index (χ4v) is 6.80. The number of nitrogens with one attached hydrogen (secondary N) is 6. The molecule has 0 unspecified atom stereocenters. The van der Waals surface area contributed by atoms with Gasteiger partial charge in [0.1, 0.15) is 36.3 Å². The van der Waals surface area contributed by atoms with Crippen LogP contribution in [0, 0.1) is 0 Å². The molecule has 1 aliphatic rings. The van der Waals surface area contributed by atoms with E-state index in [0.717, 1.165) is 4.90 Å². The molecule has 0 spiro atoms. The quantitative estimate of drug-likeness (QED) is 0.0470. The Morgan fingerprint density at radius 1 is 0.833 bits per heavy atom. The third-order valence-electron chi connectivity index (χ3n) is 9.53. The van der Waals surface area contributed by atoms with Gasteiger partial charge in [-0.1, -0.05) is 18.2 Å². The van der Waals surface area contributed by atoms with E-state index in [2.05, 4.69) is 31.6 Å². The molecule has 0 saturated carbocycles. The number of nitrogens with two attached hydrogens (primary N) is 2. The number of carboxylic acids is 2. The number of hydrogen-bond acceptors (Lipinski definition) is 14. The predicted octanol–water partition coefficient (Wildman–Crippen LogP) is -5.01. The Balaban J connectivity index is 1.79. The number of thioether (sulfide) groups is 1. The Morgan fingerprint density at radius 2 is 1.42 bits per heavy atom. The van der Waals surface area contributed by atoms with Crippen molar-refractivity contribution in [2.45, 2.75) is 86.9 Å². The van der Waals surface area contributed by atoms with Crippen LogP contribution in [0.1, 0.15) is 37.7 Å². The number of aliphatic carboxylic acids is 2. The number of hydrogen-bond donors (Lipinski definition) is 13. The highest BCUT2D eigenvalue weighted by Gasteiger charge is 2.44. The van der Waals surface area contributed by atoms with E-state index in [1.807, 2.05) is 0 Å². The number of H-pyrrole nitrogens is 1. The lowest BCUT2D eigenvalue weighted by Gasteiger charge is -2.29. The Hall–Kier alpha value is -5.82. The van der Waals surface area contributed by atoms with Crippen molar-refractivity contribution in [1.82, 2.24) is 36.5 Å². The third-order valence-corrected chi connectivity index (χ3v) is 10.2. The summed E-state index contributed by atoms with van der Waals surface area (Å²) in [5, 5.41) is 60.8. The summed E-state index contributed by atoms with van der Waals surface area (Å²) in [7, 11) is 0. The van der Waals surface area contributed by atoms with E-state index in [4.69, 9.17) is 16.6 Å². The number of aliphatic hydroxyl groups is 3. The van der Waals surface area contributed by atoms with Gasteiger partial charge < -0.3 is 73.5 Å². The molecule has 330 valence electrons. The second-order valence-electron chi connectivity index (χ2n) is 13.9. The maximum atomic E-state index is 13.8. The van der Waals surface area contributed by atoms with Gasteiger partial charge in [0, 0.05) is 36.5 Å². The molecular weight excluding hydrogens is 815 g/mol. The summed E-state index contributed by atoms with van der Waals surface area (Å²) >= 11 is 1.29. The number of fused-ring (bicyclic) bond motifs is 1. The Labute approximate surface area is 346 Å². The SMILES string of the molecule is CSCC[C@@H](NC(=O)[C@H](CO)NC(=O)[C@H](CC(N)=O)NC(=O)[C@@H]1[C@@H](O)CCN1C(=O)[C@@H](N)CCC(=O)O)C(=O)N[C@@H](Cc1c[nH]c2ccccc12)C(=O)N[C@@H](CO)C(=O)O. The first-order valence-electron chi connectivity index (χ1n) is 18.7. The van der Waals surface area contributed by atoms with Crippen LogP contribution in [0.15, 0.2) is 30.5 Å². The Morgan fingerprint density at radius 3 is 2.03 bits per heavy atom. The van der Waals surface area contributed by atoms with Crippen molar-refractivity contribution >= 4 is 76.0 Å². The average Bonchev–Trinajstić information content (AvgIpc) is 3.80. The van der Waals surface area contributed by atoms with Crippen molar-refractivity contribution in [3.05, 3.63) is 36.0 Å². The number of primary amides is 1. The fraction of sp³-hybridized carbons (Fsp3) is 0.528. The largest absolute Gasteiger partial charge is 0.481 e. The van der Waals surface area contributed by atoms with Crippen LogP contribution in [-0.4, -0.2) is 169 Å². The van der Waals surface area contributed by atoms with Crippen molar-refractivity contribution in [2.75, 3.05) is 31.8 Å². The fourth-order valence-electron chi connectivity index (χ4n) is 6.33. The molecule has 24 heteroatoms. The first-order chi connectivity index (χ1) is 28.4. The van der Waals surface area contributed by atoms with Gasteiger partial charge in [0.15, 0.2) is 0 Å². The molecule has 1 aromatic heterocycles. The first kappa shape index (κ1) is 48.5. The number of para-hydroxylation sites is 1. The molecule has 0 bridgehead atoms. The predicted molar refractivity (Wildman–Crippen MR) is 211 cm³/mol. The minimum absolute atomic E-state index is 0.0418. The Bertz CT molecular complexity index is 1900. The molecule has 2 heterocycles. The summed E-state index contributed by atoms with van der Waals surface area (Å²) in [5.41, 5.74) is 12.4. The van der Waals surface area contributed by atoms with Gasteiger partial charge in [0.05, 0.1) is 31.8 Å². The number of benzene rings is 1. The highest BCUT2D eigenvalue weighted by molar-refractivity contribution is 7.98. The van der Waals surface area contributed by atoms with E-state index in [0.29, 0.717) is 16.5 Å². The topological polar surface area (TPSA) is 386 Å². The number of carbonyl (C=O) groups excluding carboxylic acids is 7. The zero-order chi connectivity index (χ0) is 44.7. The number of aliphatic hydroxyl groups excluding tert-OH is 3. The van der Waals surface area contributed by atoms with Gasteiger partial charge in [-0.3, -0.25) is 38.4 Å². The van der Waals surface area contributed by atoms with E-state index in [1.165, 1.54) is 11.8 Å². The Kier molecular flexibility index (Phi) is 18.7. The highest BCUT2D eigenvalue weighted by Crippen LogP contribution is 2.21. The zero-order valence-corrected chi connectivity index (χ0v) is 33.3. The maximum Gasteiger partial charge on any atom is 0.328 e. The van der Waals surface area contributed by atoms with Gasteiger partial charge in [0.2, 0.25) is 41.4 Å². The summed E-state index contributed by atoms with van der Waals surface area (Å²) < 4.78 is 0. The van der Waals surface area contributed by atoms with Gasteiger partial charge in [0.25, 0.3) is 0 Å². The standard InChI is InChI=1S/C36H51N9O14S/c1-60-11-9-21(30(52)41-22(31(53)44-25(16-47)36(58)59)12-17-14-39-20-5-3-2-4-18(17)20)40-33(55)24(15-46)43-32(54)23(13-27(38)49)42-34(56)29-26(48)8-10-45(29)35(57)19(37)6-7-28(50)51/h2-5,14,19,21-26,29,39,46-48H,6-13,15-16,37H2,1H3,(H2,38,49)(H,40,55)(H,41,52)(H,42,56)(H,43,54)(H,44,53)(H,50,51)(H,58,59)/t19-,21+,22-,23-,24-,25-,26-,29-/m0/s1. The number of aromatic nitrogens is 1. The normalized spacial score (nSPS) is 17.9. The smallest absolute Gasteiger partial charge is 0.328 e. The first-order valence-corrected chi connectivity index (χ1v) is 20.1. The molecule has 2 aromatic rings. The van der Waals surface area contributed by atoms with E-state index in [9.17, 15) is 63.6 Å². The van der Waals surface area contributed by atoms with E-state index in [-0.39, 0.29) is 38.0 Å². The average molecular weight is 866 g/mol. The van der Waals surface area contributed by atoms with Gasteiger partial charge in [-0.05, 0) is 42.9 Å². The van der Waals surface area contributed by atoms with Crippen molar-refractivity contribution in [3.8, 4) is 0 Å². The molecule has 1 aromatic carbocycles. The van der Waals surface area contributed by atoms with Gasteiger partial charge in [-0.25, -0.2) is 4.79 Å². The second-order valence-corrected chi connectivity index (χ2v) is 14.9. The zero-order valence-electron chi connectivity index (χ0n) is 32.5. The number of likely N-dealkylation sites (tertiary alicyclic amines) is 1. The lowest BCUT2D eigenvalue weighted by atomic mass is 10.0. The van der Waals surface area contributed by atoms with Crippen molar-refractivity contribution in [2.24, 2.45) is 11.5 Å². The van der Waals surface area contributed by atoms with Crippen LogP contribution >= 0.6 is 11.8 Å². The molecule has 1 fully saturated rings. The third kappa shape index (κ3) is 13.6. The number of amides is 7. The van der Waals surface area contributed by atoms with Crippen LogP contribution in [0.5, 0.6) is 0 Å². The highest BCUT2D eigenvalue weighted by atomic mass is 32.2. The second kappa shape index (κ2) is 23.1. The molecule has 1 saturated heterocycles. The number of carbonyl (C=O) groups is 9. The summed E-state index contributed by atoms with van der Waals surface area (Å²) in [6, 6.07) is -4.06. The maximum absolute atomic E-state index is 13.8. The van der Waals surface area contributed by atoms with Crippen LogP contribution < -0.4 is 38.1 Å². The van der Waals surface area contributed by atoms with Crippen molar-refractivity contribution in [3.63, 3.8) is 0 Å². The summed E-state index contributed by atoms with van der Waals surface area (Å²) in [6.45, 7) is -2.17. The lowest BCUT2D eigenvalue weighted by Crippen LogP contribution is -2.61. The number of rotatable bonds is 24. The molecule has 15 N–H and O–H groups in total. The summed E-state index contributed by atoms with van der Waals surface area (Å²) in [6.07, 6.45) is 0.00979. The van der Waals surface area contributed by atoms with Crippen LogP contribution in [0.3, 0.4) is 0 Å². The molecule has 1 aliphatic heterocycles. The van der Waals surface area contributed by atoms with Crippen LogP contribution in [0.2, 0.25) is 0 Å². The lowest BCUT2D eigenvalue weighted by molar-refractivity contribution is -0.143. The minimum atomic E-state index is -1.81. The monoisotopic (exact) mass is 865 g/mol. The molecule has 60 heavy (non-hydrogen) atoms. The van der Waals surface area contributed by atoms with Crippen LogP contribution in [-0.2, 0) is 49.6 Å². The molecule has 0 radical (unpaired) electrons. The molecular formula is C36H51N9O14S. The van der Waals surface area contributed by atoms with E-state index in [1.54, 1.807) is 36.7 Å². The minimum Gasteiger partial charge on any atom is -0.481 e. The van der Waals surface area contributed by atoms with E-state index >= 15 is 0 Å². The summed E-state index contributed by atoms with van der Waals surface area (Å²) in [4.78, 5) is 119. The van der Waals surface area contributed by atoms with Gasteiger partial charge >= 0.3 is 11.9 Å². The van der Waals surface area contributed by atoms with Gasteiger partial charge in [-0.15, -0.1) is 0 Å². The number of carboxylic acid groups (broad SMARTS) is 2. The van der Waals surface area contributed by atoms with Crippen molar-refractivity contribution < 1.29 is 68.7 Å². The van der Waals surface area contributed by atoms with Gasteiger partial charge in [-0.2, -0.15) is 11.8 Å². The van der Waals surface area contributed by atoms with E-state index < -0.39 is 128 Å². The van der Waals surface area contributed by atoms with Crippen LogP contribution in [0.4, 0.5) is 0 Å². The van der Waals surface area contributed by atoms with Crippen LogP contribution in [0.25, 0.3) is 10.9 Å². The number of aromatic amines is 1.